The Morgan fingerprint density at radius 1 is 1.40 bits per heavy atom. The molecular weight excluding hydrogens is 188 g/mol. The molecule has 0 aliphatic rings. The van der Waals surface area contributed by atoms with Crippen molar-refractivity contribution in [2.45, 2.75) is 12.5 Å². The Hall–Kier alpha value is -1.06. The number of ether oxygens (including phenoxy) is 1. The zero-order valence-electron chi connectivity index (χ0n) is 9.95. The van der Waals surface area contributed by atoms with Crippen LogP contribution in [0.5, 0.6) is 0 Å². The van der Waals surface area contributed by atoms with E-state index in [-0.39, 0.29) is 0 Å². The number of nitrogens with zero attached hydrogens (tertiary/aromatic N) is 1. The van der Waals surface area contributed by atoms with E-state index in [9.17, 15) is 0 Å². The molecule has 15 heavy (non-hydrogen) atoms. The van der Waals surface area contributed by atoms with E-state index in [1.54, 1.807) is 7.11 Å². The highest BCUT2D eigenvalue weighted by atomic mass is 16.5. The molecule has 1 aromatic rings. The zero-order valence-corrected chi connectivity index (χ0v) is 9.95. The summed E-state index contributed by atoms with van der Waals surface area (Å²) in [5.74, 6) is 0. The minimum atomic E-state index is -0.397. The van der Waals surface area contributed by atoms with Gasteiger partial charge in [0.25, 0.3) is 0 Å². The van der Waals surface area contributed by atoms with Crippen LogP contribution in [0.25, 0.3) is 0 Å². The van der Waals surface area contributed by atoms with E-state index >= 15 is 0 Å². The molecule has 3 nitrogen and oxygen atoms in total. The predicted molar refractivity (Wildman–Crippen MR) is 64.2 cm³/mol. The first kappa shape index (κ1) is 12.0. The lowest BCUT2D eigenvalue weighted by Crippen LogP contribution is -2.33. The first-order chi connectivity index (χ1) is 7.03. The summed E-state index contributed by atoms with van der Waals surface area (Å²) in [5, 5.41) is 0. The van der Waals surface area contributed by atoms with Crippen molar-refractivity contribution in [3.63, 3.8) is 0 Å². The van der Waals surface area contributed by atoms with Gasteiger partial charge in [0.1, 0.15) is 5.60 Å². The number of anilines is 1. The van der Waals surface area contributed by atoms with Gasteiger partial charge >= 0.3 is 0 Å². The third kappa shape index (κ3) is 2.49. The number of methoxy groups -OCH3 is 1. The van der Waals surface area contributed by atoms with Crippen LogP contribution in [0.4, 0.5) is 5.69 Å². The van der Waals surface area contributed by atoms with E-state index in [1.807, 2.05) is 33.2 Å². The summed E-state index contributed by atoms with van der Waals surface area (Å²) in [6.07, 6.45) is 0. The molecule has 0 radical (unpaired) electrons. The summed E-state index contributed by atoms with van der Waals surface area (Å²) in [4.78, 5) is 2.07. The van der Waals surface area contributed by atoms with Gasteiger partial charge < -0.3 is 15.4 Å². The summed E-state index contributed by atoms with van der Waals surface area (Å²) >= 11 is 0. The number of hydrogen-bond acceptors (Lipinski definition) is 3. The van der Waals surface area contributed by atoms with Gasteiger partial charge in [0.05, 0.1) is 0 Å². The van der Waals surface area contributed by atoms with Gasteiger partial charge in [-0.2, -0.15) is 0 Å². The minimum Gasteiger partial charge on any atom is -0.378 e. The van der Waals surface area contributed by atoms with E-state index in [0.717, 1.165) is 11.3 Å². The van der Waals surface area contributed by atoms with Crippen LogP contribution in [0, 0.1) is 0 Å². The maximum absolute atomic E-state index is 5.74. The third-order valence-corrected chi connectivity index (χ3v) is 2.81. The van der Waals surface area contributed by atoms with Crippen molar-refractivity contribution < 1.29 is 4.74 Å². The topological polar surface area (TPSA) is 38.5 Å². The van der Waals surface area contributed by atoms with E-state index in [2.05, 4.69) is 17.0 Å². The standard InChI is InChI=1S/C12H20N2O/c1-12(9-13,15-4)10-6-5-7-11(8-10)14(2)3/h5-8H,9,13H2,1-4H3. The smallest absolute Gasteiger partial charge is 0.102 e. The van der Waals surface area contributed by atoms with Gasteiger partial charge in [-0.25, -0.2) is 0 Å². The van der Waals surface area contributed by atoms with Crippen LogP contribution in [-0.4, -0.2) is 27.7 Å². The quantitative estimate of drug-likeness (QED) is 0.816. The first-order valence-electron chi connectivity index (χ1n) is 5.06. The Labute approximate surface area is 91.8 Å². The fraction of sp³-hybridized carbons (Fsp3) is 0.500. The fourth-order valence-electron chi connectivity index (χ4n) is 1.43. The van der Waals surface area contributed by atoms with Crippen molar-refractivity contribution in [3.8, 4) is 0 Å². The van der Waals surface area contributed by atoms with Gasteiger partial charge in [-0.15, -0.1) is 0 Å². The highest BCUT2D eigenvalue weighted by molar-refractivity contribution is 5.48. The lowest BCUT2D eigenvalue weighted by atomic mass is 9.95. The Bertz CT molecular complexity index is 319. The highest BCUT2D eigenvalue weighted by Crippen LogP contribution is 2.26. The lowest BCUT2D eigenvalue weighted by Gasteiger charge is -2.28. The normalized spacial score (nSPS) is 14.7. The van der Waals surface area contributed by atoms with Crippen LogP contribution in [0.2, 0.25) is 0 Å². The van der Waals surface area contributed by atoms with Crippen LogP contribution in [0.3, 0.4) is 0 Å². The molecule has 3 heteroatoms. The molecule has 0 saturated heterocycles. The molecule has 84 valence electrons. The van der Waals surface area contributed by atoms with Gasteiger partial charge in [-0.05, 0) is 24.6 Å². The first-order valence-corrected chi connectivity index (χ1v) is 5.06. The number of hydrogen-bond donors (Lipinski definition) is 1. The Balaban J connectivity index is 3.09. The Kier molecular flexibility index (Phi) is 3.72. The Morgan fingerprint density at radius 3 is 2.53 bits per heavy atom. The number of rotatable bonds is 4. The monoisotopic (exact) mass is 208 g/mol. The molecule has 1 atom stereocenters. The zero-order chi connectivity index (χ0) is 11.5. The minimum absolute atomic E-state index is 0.397. The lowest BCUT2D eigenvalue weighted by molar-refractivity contribution is 0.0101. The second-order valence-electron chi connectivity index (χ2n) is 4.08. The molecule has 1 unspecified atom stereocenters. The molecule has 0 aliphatic carbocycles. The van der Waals surface area contributed by atoms with Crippen molar-refractivity contribution in [3.05, 3.63) is 29.8 Å². The summed E-state index contributed by atoms with van der Waals surface area (Å²) in [6, 6.07) is 8.24. The summed E-state index contributed by atoms with van der Waals surface area (Å²) in [7, 11) is 5.73. The second-order valence-corrected chi connectivity index (χ2v) is 4.08. The van der Waals surface area contributed by atoms with Gasteiger partial charge in [0, 0.05) is 33.4 Å². The van der Waals surface area contributed by atoms with Gasteiger partial charge in [-0.1, -0.05) is 12.1 Å². The number of nitrogens with two attached hydrogens (primary N) is 1. The molecule has 0 fully saturated rings. The van der Waals surface area contributed by atoms with Crippen molar-refractivity contribution in [2.24, 2.45) is 5.73 Å². The van der Waals surface area contributed by atoms with Gasteiger partial charge in [0.15, 0.2) is 0 Å². The molecular formula is C12H20N2O. The van der Waals surface area contributed by atoms with Crippen molar-refractivity contribution in [2.75, 3.05) is 32.6 Å². The van der Waals surface area contributed by atoms with Crippen molar-refractivity contribution in [1.29, 1.82) is 0 Å². The summed E-state index contributed by atoms with van der Waals surface area (Å²) in [5.41, 5.74) is 7.61. The number of benzene rings is 1. The third-order valence-electron chi connectivity index (χ3n) is 2.81. The molecule has 0 aliphatic heterocycles. The van der Waals surface area contributed by atoms with E-state index in [0.29, 0.717) is 6.54 Å². The molecule has 2 N–H and O–H groups in total. The van der Waals surface area contributed by atoms with Gasteiger partial charge in [-0.3, -0.25) is 0 Å². The maximum atomic E-state index is 5.74. The molecule has 0 spiro atoms. The van der Waals surface area contributed by atoms with Crippen LogP contribution in [0.1, 0.15) is 12.5 Å². The molecule has 0 bridgehead atoms. The SMILES string of the molecule is COC(C)(CN)c1cccc(N(C)C)c1. The molecule has 0 aromatic heterocycles. The van der Waals surface area contributed by atoms with Crippen molar-refractivity contribution >= 4 is 5.69 Å². The van der Waals surface area contributed by atoms with Crippen LogP contribution < -0.4 is 10.6 Å². The van der Waals surface area contributed by atoms with Crippen LogP contribution in [0.15, 0.2) is 24.3 Å². The fourth-order valence-corrected chi connectivity index (χ4v) is 1.43. The average molecular weight is 208 g/mol. The largest absolute Gasteiger partial charge is 0.378 e. The second kappa shape index (κ2) is 4.64. The highest BCUT2D eigenvalue weighted by Gasteiger charge is 2.24. The average Bonchev–Trinajstić information content (AvgIpc) is 2.28. The van der Waals surface area contributed by atoms with Crippen LogP contribution in [-0.2, 0) is 10.3 Å². The molecule has 1 aromatic carbocycles. The molecule has 0 amide bonds. The van der Waals surface area contributed by atoms with E-state index in [1.165, 1.54) is 0 Å². The van der Waals surface area contributed by atoms with E-state index < -0.39 is 5.60 Å². The molecule has 0 saturated carbocycles. The molecule has 0 heterocycles. The van der Waals surface area contributed by atoms with Gasteiger partial charge in [0.2, 0.25) is 0 Å². The summed E-state index contributed by atoms with van der Waals surface area (Å²) < 4.78 is 5.46. The van der Waals surface area contributed by atoms with E-state index in [4.69, 9.17) is 10.5 Å². The Morgan fingerprint density at radius 2 is 2.07 bits per heavy atom. The summed E-state index contributed by atoms with van der Waals surface area (Å²) in [6.45, 7) is 2.47. The molecule has 1 rings (SSSR count). The maximum Gasteiger partial charge on any atom is 0.102 e. The van der Waals surface area contributed by atoms with Crippen molar-refractivity contribution in [1.82, 2.24) is 0 Å². The predicted octanol–water partition coefficient (Wildman–Crippen LogP) is 1.57. The van der Waals surface area contributed by atoms with Crippen LogP contribution >= 0.6 is 0 Å².